The molecule has 0 amide bonds. The second-order valence-electron chi connectivity index (χ2n) is 6.66. The van der Waals surface area contributed by atoms with Crippen molar-refractivity contribution in [3.8, 4) is 0 Å². The number of ether oxygens (including phenoxy) is 1. The van der Waals surface area contributed by atoms with Crippen LogP contribution in [-0.4, -0.2) is 11.4 Å². The molecule has 0 N–H and O–H groups in total. The van der Waals surface area contributed by atoms with Gasteiger partial charge in [0.25, 0.3) is 0 Å². The highest BCUT2D eigenvalue weighted by Crippen LogP contribution is 2.65. The average Bonchev–Trinajstić information content (AvgIpc) is 2.66. The lowest BCUT2D eigenvalue weighted by Crippen LogP contribution is -2.56. The van der Waals surface area contributed by atoms with Crippen molar-refractivity contribution in [2.24, 2.45) is 0 Å². The van der Waals surface area contributed by atoms with Crippen LogP contribution in [0.2, 0.25) is 0 Å². The molecule has 2 atom stereocenters. The number of halogens is 4. The van der Waals surface area contributed by atoms with Crippen molar-refractivity contribution in [1.29, 1.82) is 0 Å². The van der Waals surface area contributed by atoms with Gasteiger partial charge in [0.05, 0.1) is 22.1 Å². The summed E-state index contributed by atoms with van der Waals surface area (Å²) in [5, 5.41) is -0.176. The molecule has 0 aromatic heterocycles. The number of aryl methyl sites for hydroxylation is 1. The average molecular weight is 440 g/mol. The Bertz CT molecular complexity index is 949. The van der Waals surface area contributed by atoms with E-state index in [1.807, 2.05) is 61.5 Å². The zero-order valence-corrected chi connectivity index (χ0v) is 17.2. The molecule has 0 saturated carbocycles. The van der Waals surface area contributed by atoms with E-state index in [-0.39, 0.29) is 32.2 Å². The molecular weight excluding hydrogens is 426 g/mol. The molecule has 0 radical (unpaired) electrons. The van der Waals surface area contributed by atoms with Crippen molar-refractivity contribution in [3.63, 3.8) is 0 Å². The fourth-order valence-corrected chi connectivity index (χ4v) is 4.91. The highest BCUT2D eigenvalue weighted by atomic mass is 35.5. The topological polar surface area (TPSA) is 26.3 Å². The molecule has 27 heavy (non-hydrogen) atoms. The summed E-state index contributed by atoms with van der Waals surface area (Å²) in [5.74, 6) is -0.870. The van der Waals surface area contributed by atoms with E-state index < -0.39 is 11.4 Å². The van der Waals surface area contributed by atoms with Crippen LogP contribution in [0, 0.1) is 6.92 Å². The molecule has 6 heteroatoms. The third-order valence-corrected chi connectivity index (χ3v) is 6.91. The zero-order valence-electron chi connectivity index (χ0n) is 14.2. The van der Waals surface area contributed by atoms with Crippen LogP contribution in [0.25, 0.3) is 0 Å². The Balaban J connectivity index is 1.89. The van der Waals surface area contributed by atoms with Crippen LogP contribution in [0.1, 0.15) is 28.7 Å². The fourth-order valence-electron chi connectivity index (χ4n) is 3.66. The van der Waals surface area contributed by atoms with Crippen LogP contribution in [-0.2, 0) is 9.53 Å². The second-order valence-corrected chi connectivity index (χ2v) is 8.17. The summed E-state index contributed by atoms with van der Waals surface area (Å²) in [7, 11) is 0. The lowest BCUT2D eigenvalue weighted by atomic mass is 9.68. The normalized spacial score (nSPS) is 24.4. The molecule has 4 rings (SSSR count). The van der Waals surface area contributed by atoms with Crippen LogP contribution >= 0.6 is 46.4 Å². The number of allylic oxidation sites excluding steroid dienone is 2. The maximum Gasteiger partial charge on any atom is 0.218 e. The van der Waals surface area contributed by atoms with E-state index in [0.717, 1.165) is 16.7 Å². The Morgan fingerprint density at radius 1 is 0.815 bits per heavy atom. The molecule has 0 bridgehead atoms. The number of hydrogen-bond acceptors (Lipinski definition) is 2. The number of benzene rings is 2. The minimum atomic E-state index is -1.26. The maximum absolute atomic E-state index is 12.2. The first-order valence-corrected chi connectivity index (χ1v) is 9.84. The van der Waals surface area contributed by atoms with Crippen molar-refractivity contribution in [2.45, 2.75) is 24.5 Å². The lowest BCUT2D eigenvalue weighted by molar-refractivity contribution is -0.183. The first-order valence-electron chi connectivity index (χ1n) is 8.33. The number of carbonyl (C=O) groups is 1. The number of carbonyl (C=O) groups excluding carboxylic acids is 1. The summed E-state index contributed by atoms with van der Waals surface area (Å²) < 4.78 is 6.27. The quantitative estimate of drug-likeness (QED) is 0.530. The third kappa shape index (κ3) is 2.78. The van der Waals surface area contributed by atoms with E-state index in [2.05, 4.69) is 0 Å². The van der Waals surface area contributed by atoms with Gasteiger partial charge >= 0.3 is 0 Å². The Labute approximate surface area is 177 Å². The molecular formula is C21H14Cl4O2. The van der Waals surface area contributed by atoms with Crippen LogP contribution in [0.4, 0.5) is 0 Å². The summed E-state index contributed by atoms with van der Waals surface area (Å²) in [6, 6.07) is 17.8. The highest BCUT2D eigenvalue weighted by Gasteiger charge is 2.64. The van der Waals surface area contributed by atoms with Crippen LogP contribution in [0.3, 0.4) is 0 Å². The van der Waals surface area contributed by atoms with Crippen molar-refractivity contribution in [2.75, 3.05) is 0 Å². The first-order chi connectivity index (χ1) is 12.9. The molecule has 2 aliphatic rings. The summed E-state index contributed by atoms with van der Waals surface area (Å²) in [6.45, 7) is 2.02. The van der Waals surface area contributed by atoms with Crippen LogP contribution in [0.15, 0.2) is 74.7 Å². The highest BCUT2D eigenvalue weighted by molar-refractivity contribution is 6.61. The summed E-state index contributed by atoms with van der Waals surface area (Å²) in [5.41, 5.74) is 1.84. The van der Waals surface area contributed by atoms with Gasteiger partial charge in [0.15, 0.2) is 5.60 Å². The van der Waals surface area contributed by atoms with Gasteiger partial charge in [0.2, 0.25) is 5.78 Å². The van der Waals surface area contributed by atoms with Gasteiger partial charge in [-0.15, -0.1) is 0 Å². The molecule has 2 nitrogen and oxygen atoms in total. The minimum absolute atomic E-state index is 0.0702. The molecule has 0 unspecified atom stereocenters. The van der Waals surface area contributed by atoms with Crippen molar-refractivity contribution < 1.29 is 9.53 Å². The predicted octanol–water partition coefficient (Wildman–Crippen LogP) is 6.55. The predicted molar refractivity (Wildman–Crippen MR) is 109 cm³/mol. The standard InChI is InChI=1S/C21H14Cl4O2/c1-11-7-9-13(10-8-11)18-14(12-5-3-2-4-6-12)21(27-18)19(24)15(22)17(26)16(23)20(21)25/h2-10,14,18H,1H3/t14-,18-/m0/s1. The van der Waals surface area contributed by atoms with Gasteiger partial charge in [0.1, 0.15) is 10.1 Å². The number of ketones is 1. The van der Waals surface area contributed by atoms with Gasteiger partial charge in [-0.25, -0.2) is 0 Å². The third-order valence-electron chi connectivity index (χ3n) is 5.05. The van der Waals surface area contributed by atoms with E-state index in [4.69, 9.17) is 51.1 Å². The van der Waals surface area contributed by atoms with Gasteiger partial charge in [-0.3, -0.25) is 4.79 Å². The molecule has 2 aromatic carbocycles. The SMILES string of the molecule is Cc1ccc([C@@H]2OC3(C(Cl)=C(Cl)C(=O)C(Cl)=C3Cl)[C@H]2c2ccccc2)cc1. The van der Waals surface area contributed by atoms with E-state index in [9.17, 15) is 4.79 Å². The molecule has 1 fully saturated rings. The van der Waals surface area contributed by atoms with Gasteiger partial charge in [-0.1, -0.05) is 107 Å². The number of rotatable bonds is 2. The molecule has 1 saturated heterocycles. The summed E-state index contributed by atoms with van der Waals surface area (Å²) in [4.78, 5) is 12.2. The summed E-state index contributed by atoms with van der Waals surface area (Å²) in [6.07, 6.45) is -0.308. The van der Waals surface area contributed by atoms with E-state index in [1.165, 1.54) is 0 Å². The Hall–Kier alpha value is -1.29. The Morgan fingerprint density at radius 2 is 1.37 bits per heavy atom. The number of hydrogen-bond donors (Lipinski definition) is 0. The Kier molecular flexibility index (Phi) is 4.90. The van der Waals surface area contributed by atoms with Crippen LogP contribution in [0.5, 0.6) is 0 Å². The van der Waals surface area contributed by atoms with Gasteiger partial charge in [0, 0.05) is 0 Å². The van der Waals surface area contributed by atoms with Gasteiger partial charge in [-0.05, 0) is 18.1 Å². The van der Waals surface area contributed by atoms with Crippen molar-refractivity contribution in [1.82, 2.24) is 0 Å². The largest absolute Gasteiger partial charge is 0.354 e. The smallest absolute Gasteiger partial charge is 0.218 e. The fraction of sp³-hybridized carbons (Fsp3) is 0.190. The monoisotopic (exact) mass is 438 g/mol. The van der Waals surface area contributed by atoms with Gasteiger partial charge in [-0.2, -0.15) is 0 Å². The van der Waals surface area contributed by atoms with Crippen LogP contribution < -0.4 is 0 Å². The van der Waals surface area contributed by atoms with E-state index in [0.29, 0.717) is 0 Å². The summed E-state index contributed by atoms with van der Waals surface area (Å²) >= 11 is 25.4. The zero-order chi connectivity index (χ0) is 19.3. The molecule has 1 aliphatic carbocycles. The first kappa shape index (κ1) is 19.0. The Morgan fingerprint density at radius 3 is 1.93 bits per heavy atom. The lowest BCUT2D eigenvalue weighted by Gasteiger charge is -2.56. The molecule has 1 aliphatic heterocycles. The maximum atomic E-state index is 12.2. The van der Waals surface area contributed by atoms with E-state index in [1.54, 1.807) is 0 Å². The van der Waals surface area contributed by atoms with Crippen molar-refractivity contribution >= 4 is 52.2 Å². The van der Waals surface area contributed by atoms with E-state index >= 15 is 0 Å². The molecule has 2 aromatic rings. The molecule has 1 heterocycles. The molecule has 1 spiro atoms. The second kappa shape index (κ2) is 6.95. The minimum Gasteiger partial charge on any atom is -0.354 e. The van der Waals surface area contributed by atoms with Crippen molar-refractivity contribution in [3.05, 3.63) is 91.4 Å². The number of Topliss-reactive ketones (excluding diaryl/α,β-unsaturated/α-hetero) is 1. The van der Waals surface area contributed by atoms with Gasteiger partial charge < -0.3 is 4.74 Å². The molecule has 138 valence electrons.